The van der Waals surface area contributed by atoms with Gasteiger partial charge in [-0.05, 0) is 55.4 Å². The zero-order valence-electron chi connectivity index (χ0n) is 7.07. The molecule has 0 bridgehead atoms. The number of halogens is 1. The number of benzene rings is 1. The predicted octanol–water partition coefficient (Wildman–Crippen LogP) is 2.69. The molecular weight excluding hydrogens is 151 g/mol. The van der Waals surface area contributed by atoms with Crippen molar-refractivity contribution in [1.29, 1.82) is 0 Å². The normalized spacial score (nSPS) is 14.8. The lowest BCUT2D eigenvalue weighted by atomic mass is 10.0. The number of aryl methyl sites for hydroxylation is 1. The molecule has 0 atom stereocenters. The summed E-state index contributed by atoms with van der Waals surface area (Å²) < 4.78 is 13.3. The summed E-state index contributed by atoms with van der Waals surface area (Å²) in [5, 5.41) is 0. The molecule has 0 N–H and O–H groups in total. The molecule has 1 aromatic rings. The van der Waals surface area contributed by atoms with Crippen LogP contribution >= 0.6 is 0 Å². The summed E-state index contributed by atoms with van der Waals surface area (Å²) in [6.07, 6.45) is 3.75. The van der Waals surface area contributed by atoms with Crippen molar-refractivity contribution in [3.8, 4) is 0 Å². The van der Waals surface area contributed by atoms with Crippen LogP contribution in [0.3, 0.4) is 0 Å². The highest BCUT2D eigenvalue weighted by atomic mass is 19.1. The number of fused-ring (bicyclic) bond motifs is 1. The van der Waals surface area contributed by atoms with Gasteiger partial charge in [0.2, 0.25) is 0 Å². The molecule has 0 aromatic heterocycles. The van der Waals surface area contributed by atoms with Gasteiger partial charge < -0.3 is 0 Å². The van der Waals surface area contributed by atoms with Gasteiger partial charge >= 0.3 is 0 Å². The minimum atomic E-state index is -0.0244. The minimum absolute atomic E-state index is 0.0244. The van der Waals surface area contributed by atoms with Crippen molar-refractivity contribution >= 4 is 0 Å². The Hall–Kier alpha value is -0.850. The molecule has 0 fully saturated rings. The lowest BCUT2D eigenvalue weighted by Gasteiger charge is -2.03. The maximum Gasteiger partial charge on any atom is 0.126 e. The molecule has 63 valence electrons. The van der Waals surface area contributed by atoms with E-state index in [1.54, 1.807) is 6.07 Å². The van der Waals surface area contributed by atoms with Crippen molar-refractivity contribution in [2.75, 3.05) is 0 Å². The van der Waals surface area contributed by atoms with Gasteiger partial charge in [0.25, 0.3) is 0 Å². The van der Waals surface area contributed by atoms with Gasteiger partial charge in [-0.3, -0.25) is 0 Å². The monoisotopic (exact) mass is 163 g/mol. The first-order chi connectivity index (χ1) is 5.81. The van der Waals surface area contributed by atoms with Gasteiger partial charge in [0.05, 0.1) is 0 Å². The minimum Gasteiger partial charge on any atom is -0.207 e. The summed E-state index contributed by atoms with van der Waals surface area (Å²) in [7, 11) is 0. The van der Waals surface area contributed by atoms with Crippen LogP contribution in [-0.2, 0) is 19.3 Å². The van der Waals surface area contributed by atoms with E-state index in [1.807, 2.05) is 0 Å². The zero-order valence-corrected chi connectivity index (χ0v) is 7.07. The van der Waals surface area contributed by atoms with Crippen LogP contribution in [0.4, 0.5) is 4.39 Å². The summed E-state index contributed by atoms with van der Waals surface area (Å²) in [5.74, 6) is -0.0244. The van der Waals surface area contributed by atoms with Gasteiger partial charge in [-0.25, -0.2) is 4.39 Å². The zero-order chi connectivity index (χ0) is 8.55. The van der Waals surface area contributed by atoms with Crippen LogP contribution in [0.25, 0.3) is 0 Å². The average Bonchev–Trinajstić information content (AvgIpc) is 2.52. The van der Waals surface area contributed by atoms with E-state index in [4.69, 9.17) is 0 Å². The fraction of sp³-hybridized carbons (Fsp3) is 0.364. The van der Waals surface area contributed by atoms with Crippen LogP contribution in [0.1, 0.15) is 23.1 Å². The van der Waals surface area contributed by atoms with Crippen LogP contribution < -0.4 is 0 Å². The Morgan fingerprint density at radius 2 is 2.17 bits per heavy atom. The molecule has 0 spiro atoms. The van der Waals surface area contributed by atoms with E-state index in [-0.39, 0.29) is 5.82 Å². The quantitative estimate of drug-likeness (QED) is 0.597. The molecule has 1 aromatic carbocycles. The third-order valence-electron chi connectivity index (χ3n) is 2.51. The molecule has 0 unspecified atom stereocenters. The fourth-order valence-corrected chi connectivity index (χ4v) is 1.86. The van der Waals surface area contributed by atoms with Crippen molar-refractivity contribution in [2.24, 2.45) is 0 Å². The highest BCUT2D eigenvalue weighted by Crippen LogP contribution is 2.25. The highest BCUT2D eigenvalue weighted by Gasteiger charge is 2.15. The Bertz CT molecular complexity index is 302. The molecule has 0 saturated carbocycles. The first-order valence-electron chi connectivity index (χ1n) is 4.40. The third-order valence-corrected chi connectivity index (χ3v) is 2.51. The van der Waals surface area contributed by atoms with Crippen LogP contribution in [0.2, 0.25) is 0 Å². The van der Waals surface area contributed by atoms with Gasteiger partial charge in [0.1, 0.15) is 5.82 Å². The molecule has 0 nitrogen and oxygen atoms in total. The van der Waals surface area contributed by atoms with Gasteiger partial charge in [-0.1, -0.05) is 6.07 Å². The summed E-state index contributed by atoms with van der Waals surface area (Å²) in [4.78, 5) is 0. The van der Waals surface area contributed by atoms with Gasteiger partial charge in [-0.2, -0.15) is 0 Å². The molecular formula is C11H12F. The van der Waals surface area contributed by atoms with E-state index in [1.165, 1.54) is 5.56 Å². The van der Waals surface area contributed by atoms with Crippen molar-refractivity contribution in [1.82, 2.24) is 0 Å². The van der Waals surface area contributed by atoms with Gasteiger partial charge in [0, 0.05) is 0 Å². The maximum atomic E-state index is 13.3. The highest BCUT2D eigenvalue weighted by molar-refractivity contribution is 5.36. The lowest BCUT2D eigenvalue weighted by Crippen LogP contribution is -1.92. The molecule has 1 heteroatoms. The Morgan fingerprint density at radius 1 is 1.33 bits per heavy atom. The Balaban J connectivity index is 2.51. The second-order valence-electron chi connectivity index (χ2n) is 3.32. The van der Waals surface area contributed by atoms with Crippen molar-refractivity contribution in [2.45, 2.75) is 25.7 Å². The SMILES string of the molecule is [CH2]Cc1cc(F)c2c(c1)CCC2. The summed E-state index contributed by atoms with van der Waals surface area (Å²) in [6, 6.07) is 3.72. The molecule has 0 aliphatic heterocycles. The maximum absolute atomic E-state index is 13.3. The number of hydrogen-bond acceptors (Lipinski definition) is 0. The summed E-state index contributed by atoms with van der Waals surface area (Å²) in [5.41, 5.74) is 3.16. The van der Waals surface area contributed by atoms with Gasteiger partial charge in [0.15, 0.2) is 0 Å². The lowest BCUT2D eigenvalue weighted by molar-refractivity contribution is 0.611. The molecule has 0 heterocycles. The largest absolute Gasteiger partial charge is 0.207 e. The number of rotatable bonds is 1. The van der Waals surface area contributed by atoms with E-state index in [0.29, 0.717) is 6.42 Å². The molecule has 1 aliphatic rings. The summed E-state index contributed by atoms with van der Waals surface area (Å²) >= 11 is 0. The Kier molecular flexibility index (Phi) is 1.87. The van der Waals surface area contributed by atoms with Gasteiger partial charge in [-0.15, -0.1) is 0 Å². The molecule has 0 amide bonds. The topological polar surface area (TPSA) is 0 Å². The van der Waals surface area contributed by atoms with Crippen molar-refractivity contribution in [3.05, 3.63) is 41.6 Å². The second kappa shape index (κ2) is 2.89. The van der Waals surface area contributed by atoms with Crippen LogP contribution in [-0.4, -0.2) is 0 Å². The van der Waals surface area contributed by atoms with Crippen LogP contribution in [0.15, 0.2) is 12.1 Å². The van der Waals surface area contributed by atoms with E-state index >= 15 is 0 Å². The number of hydrogen-bond donors (Lipinski definition) is 0. The van der Waals surface area contributed by atoms with Crippen LogP contribution in [0, 0.1) is 12.7 Å². The van der Waals surface area contributed by atoms with Crippen molar-refractivity contribution < 1.29 is 4.39 Å². The average molecular weight is 163 g/mol. The van der Waals surface area contributed by atoms with E-state index < -0.39 is 0 Å². The van der Waals surface area contributed by atoms with E-state index in [0.717, 1.165) is 30.4 Å². The smallest absolute Gasteiger partial charge is 0.126 e. The first kappa shape index (κ1) is 7.78. The van der Waals surface area contributed by atoms with E-state index in [9.17, 15) is 4.39 Å². The molecule has 1 radical (unpaired) electrons. The standard InChI is InChI=1S/C11H12F/c1-2-8-6-9-4-3-5-10(9)11(12)7-8/h6-7H,1-5H2. The first-order valence-corrected chi connectivity index (χ1v) is 4.40. The third kappa shape index (κ3) is 1.13. The summed E-state index contributed by atoms with van der Waals surface area (Å²) in [6.45, 7) is 3.76. The predicted molar refractivity (Wildman–Crippen MR) is 47.5 cm³/mol. The molecule has 0 saturated heterocycles. The van der Waals surface area contributed by atoms with Crippen LogP contribution in [0.5, 0.6) is 0 Å². The fourth-order valence-electron chi connectivity index (χ4n) is 1.86. The second-order valence-corrected chi connectivity index (χ2v) is 3.32. The Morgan fingerprint density at radius 3 is 2.92 bits per heavy atom. The van der Waals surface area contributed by atoms with E-state index in [2.05, 4.69) is 13.0 Å². The van der Waals surface area contributed by atoms with Crippen molar-refractivity contribution in [3.63, 3.8) is 0 Å². The molecule has 12 heavy (non-hydrogen) atoms. The Labute approximate surface area is 72.4 Å². The molecule has 2 rings (SSSR count). The molecule has 1 aliphatic carbocycles.